The van der Waals surface area contributed by atoms with E-state index in [1.165, 1.54) is 0 Å². The predicted octanol–water partition coefficient (Wildman–Crippen LogP) is 3.61. The fraction of sp³-hybridized carbons (Fsp3) is 1.00. The lowest BCUT2D eigenvalue weighted by atomic mass is 9.93. The maximum atomic E-state index is 12.9. The molecule has 0 spiro atoms. The van der Waals surface area contributed by atoms with Crippen molar-refractivity contribution in [3.63, 3.8) is 0 Å². The lowest BCUT2D eigenvalue weighted by Crippen LogP contribution is -2.25. The van der Waals surface area contributed by atoms with Gasteiger partial charge >= 0.3 is 0 Å². The maximum Gasteiger partial charge on any atom is 0.250 e. The highest BCUT2D eigenvalue weighted by Crippen LogP contribution is 2.59. The van der Waals surface area contributed by atoms with Gasteiger partial charge in [0.15, 0.2) is 0 Å². The highest BCUT2D eigenvalue weighted by molar-refractivity contribution is 5.01. The van der Waals surface area contributed by atoms with Crippen LogP contribution in [0.1, 0.15) is 46.0 Å². The molecule has 1 aliphatic rings. The van der Waals surface area contributed by atoms with Crippen molar-refractivity contribution in [2.75, 3.05) is 0 Å². The van der Waals surface area contributed by atoms with E-state index in [1.54, 1.807) is 0 Å². The molecule has 11 heavy (non-hydrogen) atoms. The van der Waals surface area contributed by atoms with Crippen LogP contribution >= 0.6 is 0 Å². The van der Waals surface area contributed by atoms with E-state index in [-0.39, 0.29) is 0 Å². The van der Waals surface area contributed by atoms with Crippen LogP contribution in [0.2, 0.25) is 0 Å². The highest BCUT2D eigenvalue weighted by atomic mass is 19.3. The minimum atomic E-state index is -2.44. The van der Waals surface area contributed by atoms with Gasteiger partial charge < -0.3 is 0 Å². The molecule has 0 unspecified atom stereocenters. The average Bonchev–Trinajstić information content (AvgIpc) is 2.61. The number of rotatable bonds is 4. The molecule has 66 valence electrons. The van der Waals surface area contributed by atoms with Crippen LogP contribution in [-0.2, 0) is 0 Å². The molecule has 1 saturated carbocycles. The molecule has 0 heterocycles. The lowest BCUT2D eigenvalue weighted by Gasteiger charge is -2.22. The summed E-state index contributed by atoms with van der Waals surface area (Å²) in [4.78, 5) is 0. The van der Waals surface area contributed by atoms with Crippen molar-refractivity contribution in [2.24, 2.45) is 5.41 Å². The molecule has 0 amide bonds. The molecule has 0 N–H and O–H groups in total. The summed E-state index contributed by atoms with van der Waals surface area (Å²) >= 11 is 0. The van der Waals surface area contributed by atoms with Gasteiger partial charge in [0.05, 0.1) is 0 Å². The van der Waals surface area contributed by atoms with Gasteiger partial charge in [0.25, 0.3) is 5.92 Å². The number of alkyl halides is 2. The third kappa shape index (κ3) is 1.71. The summed E-state index contributed by atoms with van der Waals surface area (Å²) in [5.41, 5.74) is -0.594. The van der Waals surface area contributed by atoms with E-state index < -0.39 is 11.3 Å². The molecule has 2 heteroatoms. The Labute approximate surface area is 67.0 Å². The minimum Gasteiger partial charge on any atom is -0.207 e. The summed E-state index contributed by atoms with van der Waals surface area (Å²) < 4.78 is 25.8. The van der Waals surface area contributed by atoms with Crippen LogP contribution in [0.3, 0.4) is 0 Å². The number of unbranched alkanes of at least 4 members (excludes halogenated alkanes) is 1. The fourth-order valence-corrected chi connectivity index (χ4v) is 1.57. The number of hydrogen-bond acceptors (Lipinski definition) is 0. The van der Waals surface area contributed by atoms with Crippen LogP contribution < -0.4 is 0 Å². The quantitative estimate of drug-likeness (QED) is 0.592. The number of halogens is 2. The molecule has 0 aromatic rings. The molecule has 0 aromatic carbocycles. The Bertz CT molecular complexity index is 131. The highest BCUT2D eigenvalue weighted by Gasteiger charge is 2.57. The molecule has 1 rings (SSSR count). The fourth-order valence-electron chi connectivity index (χ4n) is 1.57. The van der Waals surface area contributed by atoms with Gasteiger partial charge in [-0.3, -0.25) is 0 Å². The second-order valence-corrected chi connectivity index (χ2v) is 3.77. The first kappa shape index (κ1) is 8.95. The van der Waals surface area contributed by atoms with Gasteiger partial charge in [-0.05, 0) is 26.2 Å². The smallest absolute Gasteiger partial charge is 0.207 e. The van der Waals surface area contributed by atoms with E-state index in [9.17, 15) is 8.78 Å². The molecule has 0 nitrogen and oxygen atoms in total. The van der Waals surface area contributed by atoms with Crippen molar-refractivity contribution in [1.82, 2.24) is 0 Å². The van der Waals surface area contributed by atoms with Crippen LogP contribution in [0.5, 0.6) is 0 Å². The number of hydrogen-bond donors (Lipinski definition) is 0. The third-order valence-corrected chi connectivity index (χ3v) is 2.79. The second kappa shape index (κ2) is 2.72. The van der Waals surface area contributed by atoms with E-state index >= 15 is 0 Å². The topological polar surface area (TPSA) is 0 Å². The van der Waals surface area contributed by atoms with Gasteiger partial charge in [0.1, 0.15) is 0 Å². The van der Waals surface area contributed by atoms with E-state index in [0.29, 0.717) is 6.42 Å². The molecule has 0 aromatic heterocycles. The normalized spacial score (nSPS) is 21.8. The van der Waals surface area contributed by atoms with Gasteiger partial charge in [0.2, 0.25) is 0 Å². The van der Waals surface area contributed by atoms with Crippen molar-refractivity contribution in [2.45, 2.75) is 51.9 Å². The summed E-state index contributed by atoms with van der Waals surface area (Å²) in [6, 6.07) is 0. The zero-order valence-corrected chi connectivity index (χ0v) is 7.29. The summed E-state index contributed by atoms with van der Waals surface area (Å²) in [7, 11) is 0. The average molecular weight is 162 g/mol. The van der Waals surface area contributed by atoms with Gasteiger partial charge in [0, 0.05) is 5.41 Å². The molecule has 0 saturated heterocycles. The second-order valence-electron chi connectivity index (χ2n) is 3.77. The van der Waals surface area contributed by atoms with Crippen molar-refractivity contribution in [3.8, 4) is 0 Å². The van der Waals surface area contributed by atoms with Gasteiger partial charge in [-0.2, -0.15) is 0 Å². The summed E-state index contributed by atoms with van der Waals surface area (Å²) in [6.45, 7) is 3.11. The van der Waals surface area contributed by atoms with Crippen molar-refractivity contribution < 1.29 is 8.78 Å². The zero-order chi connectivity index (χ0) is 8.54. The largest absolute Gasteiger partial charge is 0.250 e. The van der Waals surface area contributed by atoms with E-state index in [1.807, 2.05) is 6.92 Å². The maximum absolute atomic E-state index is 12.9. The van der Waals surface area contributed by atoms with Crippen molar-refractivity contribution in [1.29, 1.82) is 0 Å². The van der Waals surface area contributed by atoms with Gasteiger partial charge in [-0.15, -0.1) is 0 Å². The predicted molar refractivity (Wildman–Crippen MR) is 41.8 cm³/mol. The molecule has 0 atom stereocenters. The summed E-state index contributed by atoms with van der Waals surface area (Å²) in [5.74, 6) is -2.44. The van der Waals surface area contributed by atoms with Gasteiger partial charge in [-0.1, -0.05) is 19.8 Å². The molecule has 1 aliphatic carbocycles. The lowest BCUT2D eigenvalue weighted by molar-refractivity contribution is -0.0585. The van der Waals surface area contributed by atoms with E-state index in [0.717, 1.165) is 32.6 Å². The Morgan fingerprint density at radius 1 is 1.36 bits per heavy atom. The zero-order valence-electron chi connectivity index (χ0n) is 7.29. The third-order valence-electron chi connectivity index (χ3n) is 2.79. The van der Waals surface area contributed by atoms with Crippen molar-refractivity contribution >= 4 is 0 Å². The Morgan fingerprint density at radius 2 is 1.91 bits per heavy atom. The summed E-state index contributed by atoms with van der Waals surface area (Å²) in [5, 5.41) is 0. The van der Waals surface area contributed by atoms with Crippen molar-refractivity contribution in [3.05, 3.63) is 0 Å². The van der Waals surface area contributed by atoms with E-state index in [2.05, 4.69) is 0 Å². The molecule has 0 bridgehead atoms. The first-order valence-electron chi connectivity index (χ1n) is 4.40. The Morgan fingerprint density at radius 3 is 2.18 bits per heavy atom. The Kier molecular flexibility index (Phi) is 2.22. The molecular weight excluding hydrogens is 146 g/mol. The minimum absolute atomic E-state index is 0.594. The molecule has 0 aliphatic heterocycles. The first-order chi connectivity index (χ1) is 5.02. The molecule has 0 radical (unpaired) electrons. The van der Waals surface area contributed by atoms with Crippen LogP contribution in [0.15, 0.2) is 0 Å². The molecular formula is C9H16F2. The SMILES string of the molecule is CCCCC1(C(C)(F)F)CC1. The van der Waals surface area contributed by atoms with E-state index in [4.69, 9.17) is 0 Å². The van der Waals surface area contributed by atoms with Crippen LogP contribution in [0.4, 0.5) is 8.78 Å². The standard InChI is InChI=1S/C9H16F2/c1-3-4-5-9(6-7-9)8(2,10)11/h3-7H2,1-2H3. The molecule has 1 fully saturated rings. The van der Waals surface area contributed by atoms with Gasteiger partial charge in [-0.25, -0.2) is 8.78 Å². The Balaban J connectivity index is 2.41. The van der Waals surface area contributed by atoms with Crippen LogP contribution in [-0.4, -0.2) is 5.92 Å². The first-order valence-corrected chi connectivity index (χ1v) is 4.40. The summed E-state index contributed by atoms with van der Waals surface area (Å²) in [6.07, 6.45) is 4.15. The van der Waals surface area contributed by atoms with Crippen LogP contribution in [0.25, 0.3) is 0 Å². The Hall–Kier alpha value is -0.140. The van der Waals surface area contributed by atoms with Crippen LogP contribution in [0, 0.1) is 5.41 Å². The monoisotopic (exact) mass is 162 g/mol.